The maximum absolute atomic E-state index is 2.59. The maximum Gasteiger partial charge on any atom is 0.0240 e. The van der Waals surface area contributed by atoms with Crippen LogP contribution >= 0.6 is 0 Å². The minimum absolute atomic E-state index is 1.17. The molecule has 0 bridgehead atoms. The van der Waals surface area contributed by atoms with Gasteiger partial charge in [-0.25, -0.2) is 0 Å². The van der Waals surface area contributed by atoms with Crippen LogP contribution in [0.25, 0.3) is 0 Å². The van der Waals surface area contributed by atoms with Crippen molar-refractivity contribution in [2.75, 3.05) is 6.54 Å². The first-order chi connectivity index (χ1) is 8.90. The number of hydrogen-bond donors (Lipinski definition) is 0. The summed E-state index contributed by atoms with van der Waals surface area (Å²) in [6, 6.07) is 8.88. The van der Waals surface area contributed by atoms with Crippen LogP contribution < -0.4 is 0 Å². The Hall–Kier alpha value is -0.820. The van der Waals surface area contributed by atoms with Crippen molar-refractivity contribution >= 4 is 0 Å². The molecule has 0 radical (unpaired) electrons. The van der Waals surface area contributed by atoms with Crippen molar-refractivity contribution < 1.29 is 0 Å². The number of benzene rings is 1. The zero-order valence-corrected chi connectivity index (χ0v) is 11.8. The molecule has 1 aliphatic heterocycles. The van der Waals surface area contributed by atoms with E-state index in [1.807, 2.05) is 0 Å². The average Bonchev–Trinajstić information content (AvgIpc) is 2.80. The highest BCUT2D eigenvalue weighted by Crippen LogP contribution is 2.22. The van der Waals surface area contributed by atoms with E-state index in [-0.39, 0.29) is 0 Å². The molecule has 1 aromatic rings. The molecule has 2 rings (SSSR count). The number of rotatable bonds is 8. The van der Waals surface area contributed by atoms with Crippen molar-refractivity contribution in [3.63, 3.8) is 0 Å². The van der Waals surface area contributed by atoms with Gasteiger partial charge in [-0.05, 0) is 24.1 Å². The topological polar surface area (TPSA) is 3.24 Å². The van der Waals surface area contributed by atoms with Crippen molar-refractivity contribution in [2.45, 2.75) is 65.0 Å². The molecule has 1 aromatic carbocycles. The van der Waals surface area contributed by atoms with Crippen molar-refractivity contribution in [3.05, 3.63) is 35.4 Å². The van der Waals surface area contributed by atoms with E-state index in [2.05, 4.69) is 36.1 Å². The lowest BCUT2D eigenvalue weighted by Gasteiger charge is -2.14. The molecule has 0 saturated carbocycles. The summed E-state index contributed by atoms with van der Waals surface area (Å²) in [5.41, 5.74) is 3.08. The van der Waals surface area contributed by atoms with Gasteiger partial charge >= 0.3 is 0 Å². The summed E-state index contributed by atoms with van der Waals surface area (Å²) in [6.45, 7) is 5.91. The van der Waals surface area contributed by atoms with Crippen LogP contribution in [-0.2, 0) is 13.1 Å². The summed E-state index contributed by atoms with van der Waals surface area (Å²) in [4.78, 5) is 2.59. The summed E-state index contributed by atoms with van der Waals surface area (Å²) in [6.07, 6.45) is 9.87. The fourth-order valence-electron chi connectivity index (χ4n) is 2.85. The van der Waals surface area contributed by atoms with E-state index in [4.69, 9.17) is 0 Å². The van der Waals surface area contributed by atoms with Gasteiger partial charge in [0, 0.05) is 13.1 Å². The summed E-state index contributed by atoms with van der Waals surface area (Å²) >= 11 is 0. The summed E-state index contributed by atoms with van der Waals surface area (Å²) < 4.78 is 0. The van der Waals surface area contributed by atoms with Crippen LogP contribution in [0.4, 0.5) is 0 Å². The maximum atomic E-state index is 2.59. The van der Waals surface area contributed by atoms with Crippen LogP contribution in [-0.4, -0.2) is 11.4 Å². The molecule has 0 spiro atoms. The molecule has 1 heterocycles. The van der Waals surface area contributed by atoms with E-state index in [1.165, 1.54) is 64.6 Å². The predicted molar refractivity (Wildman–Crippen MR) is 78.5 cm³/mol. The zero-order chi connectivity index (χ0) is 12.6. The van der Waals surface area contributed by atoms with Gasteiger partial charge in [0.05, 0.1) is 0 Å². The SMILES string of the molecule is CCCCCCCCCN1Cc2ccccc2C1. The van der Waals surface area contributed by atoms with Gasteiger partial charge in [0.2, 0.25) is 0 Å². The molecule has 0 saturated heterocycles. The van der Waals surface area contributed by atoms with E-state index in [9.17, 15) is 0 Å². The Morgan fingerprint density at radius 3 is 2.00 bits per heavy atom. The van der Waals surface area contributed by atoms with Crippen molar-refractivity contribution in [3.8, 4) is 0 Å². The van der Waals surface area contributed by atoms with Gasteiger partial charge in [0.25, 0.3) is 0 Å². The van der Waals surface area contributed by atoms with E-state index < -0.39 is 0 Å². The minimum Gasteiger partial charge on any atom is -0.295 e. The highest BCUT2D eigenvalue weighted by atomic mass is 15.1. The lowest BCUT2D eigenvalue weighted by atomic mass is 10.1. The second kappa shape index (κ2) is 7.58. The summed E-state index contributed by atoms with van der Waals surface area (Å²) in [7, 11) is 0. The van der Waals surface area contributed by atoms with Gasteiger partial charge in [0.1, 0.15) is 0 Å². The summed E-state index contributed by atoms with van der Waals surface area (Å²) in [5, 5.41) is 0. The Bertz CT molecular complexity index is 320. The molecular formula is C17H27N. The van der Waals surface area contributed by atoms with Crippen LogP contribution in [0.3, 0.4) is 0 Å². The smallest absolute Gasteiger partial charge is 0.0240 e. The van der Waals surface area contributed by atoms with Crippen molar-refractivity contribution in [2.24, 2.45) is 0 Å². The monoisotopic (exact) mass is 245 g/mol. The van der Waals surface area contributed by atoms with E-state index in [0.29, 0.717) is 0 Å². The average molecular weight is 245 g/mol. The van der Waals surface area contributed by atoms with Crippen LogP contribution in [0.2, 0.25) is 0 Å². The molecule has 0 unspecified atom stereocenters. The van der Waals surface area contributed by atoms with Gasteiger partial charge < -0.3 is 0 Å². The molecule has 0 amide bonds. The number of nitrogens with zero attached hydrogens (tertiary/aromatic N) is 1. The second-order valence-electron chi connectivity index (χ2n) is 5.60. The Kier molecular flexibility index (Phi) is 5.73. The lowest BCUT2D eigenvalue weighted by molar-refractivity contribution is 0.276. The van der Waals surface area contributed by atoms with Gasteiger partial charge in [-0.2, -0.15) is 0 Å². The molecule has 18 heavy (non-hydrogen) atoms. The fourth-order valence-corrected chi connectivity index (χ4v) is 2.85. The van der Waals surface area contributed by atoms with E-state index in [0.717, 1.165) is 0 Å². The molecule has 0 aromatic heterocycles. The third-order valence-corrected chi connectivity index (χ3v) is 3.98. The van der Waals surface area contributed by atoms with Crippen molar-refractivity contribution in [1.82, 2.24) is 4.90 Å². The van der Waals surface area contributed by atoms with Gasteiger partial charge in [-0.3, -0.25) is 4.90 Å². The normalized spacial score (nSPS) is 14.9. The summed E-state index contributed by atoms with van der Waals surface area (Å²) in [5.74, 6) is 0. The lowest BCUT2D eigenvalue weighted by Crippen LogP contribution is -2.17. The zero-order valence-electron chi connectivity index (χ0n) is 11.8. The Morgan fingerprint density at radius 1 is 0.833 bits per heavy atom. The Morgan fingerprint density at radius 2 is 1.39 bits per heavy atom. The minimum atomic E-state index is 1.17. The van der Waals surface area contributed by atoms with Crippen molar-refractivity contribution in [1.29, 1.82) is 0 Å². The molecule has 1 nitrogen and oxygen atoms in total. The highest BCUT2D eigenvalue weighted by molar-refractivity contribution is 5.30. The van der Waals surface area contributed by atoms with Gasteiger partial charge in [-0.1, -0.05) is 69.7 Å². The highest BCUT2D eigenvalue weighted by Gasteiger charge is 2.16. The number of fused-ring (bicyclic) bond motifs is 1. The van der Waals surface area contributed by atoms with Crippen LogP contribution in [0, 0.1) is 0 Å². The van der Waals surface area contributed by atoms with Crippen LogP contribution in [0.15, 0.2) is 24.3 Å². The number of hydrogen-bond acceptors (Lipinski definition) is 1. The molecular weight excluding hydrogens is 218 g/mol. The van der Waals surface area contributed by atoms with Crippen LogP contribution in [0.5, 0.6) is 0 Å². The largest absolute Gasteiger partial charge is 0.295 e. The molecule has 0 aliphatic carbocycles. The standard InChI is InChI=1S/C17H27N/c1-2-3-4-5-6-7-10-13-18-14-16-11-8-9-12-17(16)15-18/h8-9,11-12H,2-7,10,13-15H2,1H3. The van der Waals surface area contributed by atoms with E-state index >= 15 is 0 Å². The van der Waals surface area contributed by atoms with Gasteiger partial charge in [0.15, 0.2) is 0 Å². The number of unbranched alkanes of at least 4 members (excludes halogenated alkanes) is 6. The van der Waals surface area contributed by atoms with E-state index in [1.54, 1.807) is 11.1 Å². The Balaban J connectivity index is 1.54. The molecule has 1 aliphatic rings. The van der Waals surface area contributed by atoms with Gasteiger partial charge in [-0.15, -0.1) is 0 Å². The first-order valence-corrected chi connectivity index (χ1v) is 7.69. The quantitative estimate of drug-likeness (QED) is 0.597. The van der Waals surface area contributed by atoms with Crippen LogP contribution in [0.1, 0.15) is 63.0 Å². The second-order valence-corrected chi connectivity index (χ2v) is 5.60. The molecule has 0 N–H and O–H groups in total. The third kappa shape index (κ3) is 4.13. The first-order valence-electron chi connectivity index (χ1n) is 7.69. The molecule has 100 valence electrons. The third-order valence-electron chi connectivity index (χ3n) is 3.98. The molecule has 0 atom stereocenters. The first kappa shape index (κ1) is 13.6. The fraction of sp³-hybridized carbons (Fsp3) is 0.647. The molecule has 0 fully saturated rings. The molecule has 1 heteroatoms. The Labute approximate surface area is 112 Å². The predicted octanol–water partition coefficient (Wildman–Crippen LogP) is 4.75.